The molecule has 15 heavy (non-hydrogen) atoms. The predicted molar refractivity (Wildman–Crippen MR) is 62.5 cm³/mol. The zero-order valence-electron chi connectivity index (χ0n) is 9.90. The van der Waals surface area contributed by atoms with Gasteiger partial charge in [0.2, 0.25) is 0 Å². The van der Waals surface area contributed by atoms with E-state index in [9.17, 15) is 0 Å². The van der Waals surface area contributed by atoms with Crippen molar-refractivity contribution in [2.45, 2.75) is 39.7 Å². The van der Waals surface area contributed by atoms with Crippen molar-refractivity contribution in [1.29, 1.82) is 0 Å². The summed E-state index contributed by atoms with van der Waals surface area (Å²) in [5, 5.41) is 3.50. The van der Waals surface area contributed by atoms with Gasteiger partial charge < -0.3 is 5.32 Å². The number of nitrogens with one attached hydrogen (secondary N) is 1. The molecule has 3 heteroatoms. The van der Waals surface area contributed by atoms with Gasteiger partial charge in [0, 0.05) is 24.6 Å². The van der Waals surface area contributed by atoms with E-state index in [0.29, 0.717) is 6.04 Å². The topological polar surface area (TPSA) is 37.8 Å². The zero-order chi connectivity index (χ0) is 11.1. The summed E-state index contributed by atoms with van der Waals surface area (Å²) in [6, 6.07) is 0.291. The highest BCUT2D eigenvalue weighted by Gasteiger charge is 2.08. The van der Waals surface area contributed by atoms with E-state index in [0.717, 1.165) is 18.2 Å². The third kappa shape index (κ3) is 3.96. The first-order valence-corrected chi connectivity index (χ1v) is 5.77. The first-order chi connectivity index (χ1) is 7.27. The Morgan fingerprint density at radius 2 is 2.00 bits per heavy atom. The van der Waals surface area contributed by atoms with Crippen LogP contribution in [0.5, 0.6) is 0 Å². The van der Waals surface area contributed by atoms with Crippen LogP contribution < -0.4 is 5.32 Å². The third-order valence-corrected chi connectivity index (χ3v) is 2.89. The quantitative estimate of drug-likeness (QED) is 0.779. The molecule has 0 amide bonds. The van der Waals surface area contributed by atoms with Crippen LogP contribution >= 0.6 is 0 Å². The lowest BCUT2D eigenvalue weighted by atomic mass is 10.0. The molecule has 1 heterocycles. The summed E-state index contributed by atoms with van der Waals surface area (Å²) in [6.07, 6.45) is 7.74. The Balaban J connectivity index is 2.39. The van der Waals surface area contributed by atoms with E-state index in [1.165, 1.54) is 12.8 Å². The molecule has 3 nitrogen and oxygen atoms in total. The summed E-state index contributed by atoms with van der Waals surface area (Å²) in [4.78, 5) is 8.35. The lowest BCUT2D eigenvalue weighted by Gasteiger charge is -2.17. The normalized spacial score (nSPS) is 13.1. The number of nitrogens with zero attached hydrogens (tertiary/aromatic N) is 2. The van der Waals surface area contributed by atoms with Gasteiger partial charge in [-0.1, -0.05) is 26.7 Å². The van der Waals surface area contributed by atoms with Gasteiger partial charge in [0.15, 0.2) is 0 Å². The highest BCUT2D eigenvalue weighted by atomic mass is 14.9. The first-order valence-electron chi connectivity index (χ1n) is 5.77. The van der Waals surface area contributed by atoms with Crippen LogP contribution in [-0.4, -0.2) is 16.5 Å². The van der Waals surface area contributed by atoms with Crippen LogP contribution in [0.3, 0.4) is 0 Å². The Hall–Kier alpha value is -0.960. The predicted octanol–water partition coefficient (Wildman–Crippen LogP) is 2.56. The molecule has 1 atom stereocenters. The molecule has 1 aromatic heterocycles. The maximum atomic E-state index is 4.28. The van der Waals surface area contributed by atoms with Gasteiger partial charge in [0.1, 0.15) is 0 Å². The number of hydrogen-bond donors (Lipinski definition) is 1. The molecule has 1 rings (SSSR count). The summed E-state index contributed by atoms with van der Waals surface area (Å²) >= 11 is 0. The Morgan fingerprint density at radius 3 is 2.53 bits per heavy atom. The van der Waals surface area contributed by atoms with Crippen molar-refractivity contribution in [3.8, 4) is 0 Å². The van der Waals surface area contributed by atoms with Gasteiger partial charge in [-0.3, -0.25) is 9.97 Å². The van der Waals surface area contributed by atoms with E-state index in [1.807, 2.05) is 6.20 Å². The second-order valence-corrected chi connectivity index (χ2v) is 3.94. The molecule has 1 aromatic rings. The highest BCUT2D eigenvalue weighted by molar-refractivity contribution is 5.00. The van der Waals surface area contributed by atoms with Crippen LogP contribution in [0.1, 0.15) is 45.3 Å². The van der Waals surface area contributed by atoms with Gasteiger partial charge >= 0.3 is 0 Å². The van der Waals surface area contributed by atoms with Crippen molar-refractivity contribution < 1.29 is 0 Å². The molecule has 1 unspecified atom stereocenters. The molecular weight excluding hydrogens is 186 g/mol. The third-order valence-electron chi connectivity index (χ3n) is 2.89. The van der Waals surface area contributed by atoms with Crippen LogP contribution in [0.2, 0.25) is 0 Å². The molecule has 0 aliphatic carbocycles. The molecule has 84 valence electrons. The summed E-state index contributed by atoms with van der Waals surface area (Å²) in [6.45, 7) is 7.67. The van der Waals surface area contributed by atoms with E-state index in [2.05, 4.69) is 36.1 Å². The standard InChI is InChI=1S/C12H21N3/c1-4-11(5-2)8-15-10(3)12-9-13-6-7-14-12/h6-7,9-11,15H,4-5,8H2,1-3H3. The van der Waals surface area contributed by atoms with Crippen LogP contribution in [0.4, 0.5) is 0 Å². The molecule has 0 radical (unpaired) electrons. The fourth-order valence-electron chi connectivity index (χ4n) is 1.56. The molecule has 1 N–H and O–H groups in total. The summed E-state index contributed by atoms with van der Waals surface area (Å²) in [5.74, 6) is 0.768. The van der Waals surface area contributed by atoms with Gasteiger partial charge in [0.25, 0.3) is 0 Å². The van der Waals surface area contributed by atoms with E-state index in [4.69, 9.17) is 0 Å². The maximum Gasteiger partial charge on any atom is 0.0753 e. The molecule has 0 saturated heterocycles. The Morgan fingerprint density at radius 1 is 1.27 bits per heavy atom. The van der Waals surface area contributed by atoms with Gasteiger partial charge in [-0.05, 0) is 19.4 Å². The largest absolute Gasteiger partial charge is 0.309 e. The second-order valence-electron chi connectivity index (χ2n) is 3.94. The number of hydrogen-bond acceptors (Lipinski definition) is 3. The average Bonchev–Trinajstić information content (AvgIpc) is 2.31. The molecule has 0 aliphatic heterocycles. The van der Waals surface area contributed by atoms with Crippen molar-refractivity contribution in [3.63, 3.8) is 0 Å². The smallest absolute Gasteiger partial charge is 0.0753 e. The minimum Gasteiger partial charge on any atom is -0.309 e. The van der Waals surface area contributed by atoms with E-state index in [-0.39, 0.29) is 0 Å². The van der Waals surface area contributed by atoms with Crippen molar-refractivity contribution >= 4 is 0 Å². The number of rotatable bonds is 6. The van der Waals surface area contributed by atoms with E-state index >= 15 is 0 Å². The van der Waals surface area contributed by atoms with Gasteiger partial charge in [-0.25, -0.2) is 0 Å². The van der Waals surface area contributed by atoms with Gasteiger partial charge in [0.05, 0.1) is 5.69 Å². The van der Waals surface area contributed by atoms with Crippen molar-refractivity contribution in [3.05, 3.63) is 24.3 Å². The van der Waals surface area contributed by atoms with Crippen molar-refractivity contribution in [2.75, 3.05) is 6.54 Å². The summed E-state index contributed by atoms with van der Waals surface area (Å²) < 4.78 is 0. The fraction of sp³-hybridized carbons (Fsp3) is 0.667. The summed E-state index contributed by atoms with van der Waals surface area (Å²) in [7, 11) is 0. The molecular formula is C12H21N3. The molecule has 0 aliphatic rings. The van der Waals surface area contributed by atoms with Gasteiger partial charge in [-0.15, -0.1) is 0 Å². The average molecular weight is 207 g/mol. The minimum absolute atomic E-state index is 0.291. The fourth-order valence-corrected chi connectivity index (χ4v) is 1.56. The van der Waals surface area contributed by atoms with Gasteiger partial charge in [-0.2, -0.15) is 0 Å². The number of aromatic nitrogens is 2. The summed E-state index contributed by atoms with van der Waals surface area (Å²) in [5.41, 5.74) is 1.02. The molecule has 0 spiro atoms. The van der Waals surface area contributed by atoms with Crippen LogP contribution in [0.15, 0.2) is 18.6 Å². The molecule has 0 bridgehead atoms. The Kier molecular flexibility index (Phi) is 5.26. The lowest BCUT2D eigenvalue weighted by molar-refractivity contribution is 0.419. The zero-order valence-corrected chi connectivity index (χ0v) is 9.90. The monoisotopic (exact) mass is 207 g/mol. The minimum atomic E-state index is 0.291. The molecule has 0 aromatic carbocycles. The second kappa shape index (κ2) is 6.51. The molecule has 0 saturated carbocycles. The highest BCUT2D eigenvalue weighted by Crippen LogP contribution is 2.10. The van der Waals surface area contributed by atoms with Crippen LogP contribution in [0.25, 0.3) is 0 Å². The van der Waals surface area contributed by atoms with E-state index < -0.39 is 0 Å². The van der Waals surface area contributed by atoms with Crippen molar-refractivity contribution in [2.24, 2.45) is 5.92 Å². The SMILES string of the molecule is CCC(CC)CNC(C)c1cnccn1. The lowest BCUT2D eigenvalue weighted by Crippen LogP contribution is -2.25. The van der Waals surface area contributed by atoms with Crippen LogP contribution in [0, 0.1) is 5.92 Å². The Bertz CT molecular complexity index is 257. The Labute approximate surface area is 92.3 Å². The first kappa shape index (κ1) is 12.1. The van der Waals surface area contributed by atoms with Crippen molar-refractivity contribution in [1.82, 2.24) is 15.3 Å². The van der Waals surface area contributed by atoms with E-state index in [1.54, 1.807) is 12.4 Å². The van der Waals surface area contributed by atoms with Crippen LogP contribution in [-0.2, 0) is 0 Å². The molecule has 0 fully saturated rings. The maximum absolute atomic E-state index is 4.28.